The Bertz CT molecular complexity index is 865. The van der Waals surface area contributed by atoms with Gasteiger partial charge in [0.2, 0.25) is 0 Å². The van der Waals surface area contributed by atoms with E-state index in [0.29, 0.717) is 6.54 Å². The van der Waals surface area contributed by atoms with Crippen molar-refractivity contribution in [3.63, 3.8) is 0 Å². The Balaban J connectivity index is 1.47. The van der Waals surface area contributed by atoms with Gasteiger partial charge in [-0.2, -0.15) is 0 Å². The number of nitrogens with zero attached hydrogens (tertiary/aromatic N) is 3. The third kappa shape index (κ3) is 2.80. The molecule has 2 aliphatic heterocycles. The van der Waals surface area contributed by atoms with Crippen LogP contribution in [-0.4, -0.2) is 64.3 Å². The lowest BCUT2D eigenvalue weighted by atomic mass is 9.94. The molecule has 1 aromatic heterocycles. The van der Waals surface area contributed by atoms with Crippen molar-refractivity contribution in [1.29, 1.82) is 0 Å². The van der Waals surface area contributed by atoms with Crippen molar-refractivity contribution in [2.24, 2.45) is 0 Å². The Morgan fingerprint density at radius 1 is 1.23 bits per heavy atom. The molecule has 2 saturated heterocycles. The molecule has 3 heterocycles. The van der Waals surface area contributed by atoms with Gasteiger partial charge in [0.1, 0.15) is 0 Å². The highest BCUT2D eigenvalue weighted by molar-refractivity contribution is 5.75. The number of nitrogens with one attached hydrogen (secondary N) is 1. The number of benzene rings is 1. The standard InChI is InChI=1S/C19H26N4O3/c1-19(9-12-21(13-19)18(25)26-2)22-10-7-14(8-11-22)23-16-6-4-3-5-15(16)20-17(23)24/h3-6,14H,7-13H2,1-2H3,(H,20,24)/t19-/m1/s1. The maximum atomic E-state index is 12.4. The number of likely N-dealkylation sites (tertiary alicyclic amines) is 2. The number of ether oxygens (including phenoxy) is 1. The number of methoxy groups -OCH3 is 1. The fraction of sp³-hybridized carbons (Fsp3) is 0.579. The van der Waals surface area contributed by atoms with Crippen LogP contribution in [0.4, 0.5) is 4.79 Å². The Labute approximate surface area is 152 Å². The van der Waals surface area contributed by atoms with E-state index < -0.39 is 0 Å². The van der Waals surface area contributed by atoms with Gasteiger partial charge in [-0.25, -0.2) is 9.59 Å². The minimum absolute atomic E-state index is 0.00959. The molecule has 1 amide bonds. The van der Waals surface area contributed by atoms with E-state index in [4.69, 9.17) is 4.74 Å². The van der Waals surface area contributed by atoms with Crippen LogP contribution in [0.5, 0.6) is 0 Å². The van der Waals surface area contributed by atoms with Gasteiger partial charge in [0.15, 0.2) is 0 Å². The highest BCUT2D eigenvalue weighted by Crippen LogP contribution is 2.33. The number of aromatic amines is 1. The van der Waals surface area contributed by atoms with E-state index in [-0.39, 0.29) is 23.4 Å². The fourth-order valence-corrected chi connectivity index (χ4v) is 4.59. The molecule has 140 valence electrons. The van der Waals surface area contributed by atoms with Crippen LogP contribution >= 0.6 is 0 Å². The molecule has 7 nitrogen and oxygen atoms in total. The zero-order chi connectivity index (χ0) is 18.3. The van der Waals surface area contributed by atoms with Crippen LogP contribution in [0.15, 0.2) is 29.1 Å². The zero-order valence-corrected chi connectivity index (χ0v) is 15.4. The third-order valence-corrected chi connectivity index (χ3v) is 6.10. The highest BCUT2D eigenvalue weighted by atomic mass is 16.5. The maximum Gasteiger partial charge on any atom is 0.409 e. The summed E-state index contributed by atoms with van der Waals surface area (Å²) in [7, 11) is 1.43. The zero-order valence-electron chi connectivity index (χ0n) is 15.4. The number of amides is 1. The van der Waals surface area contributed by atoms with Crippen molar-refractivity contribution in [2.75, 3.05) is 33.3 Å². The second-order valence-corrected chi connectivity index (χ2v) is 7.67. The number of aromatic nitrogens is 2. The first-order valence-electron chi connectivity index (χ1n) is 9.29. The number of hydrogen-bond donors (Lipinski definition) is 1. The van der Waals surface area contributed by atoms with E-state index in [1.165, 1.54) is 7.11 Å². The molecule has 1 aromatic carbocycles. The molecule has 2 fully saturated rings. The van der Waals surface area contributed by atoms with Gasteiger partial charge < -0.3 is 14.6 Å². The first-order valence-corrected chi connectivity index (χ1v) is 9.29. The number of carbonyl (C=O) groups is 1. The van der Waals surface area contributed by atoms with Crippen LogP contribution in [-0.2, 0) is 4.74 Å². The lowest BCUT2D eigenvalue weighted by Crippen LogP contribution is -2.52. The molecule has 0 spiro atoms. The molecule has 2 aromatic rings. The van der Waals surface area contributed by atoms with Crippen LogP contribution in [0.25, 0.3) is 11.0 Å². The first-order chi connectivity index (χ1) is 12.5. The Morgan fingerprint density at radius 2 is 1.96 bits per heavy atom. The van der Waals surface area contributed by atoms with Crippen molar-refractivity contribution in [1.82, 2.24) is 19.4 Å². The van der Waals surface area contributed by atoms with Crippen molar-refractivity contribution in [3.05, 3.63) is 34.7 Å². The van der Waals surface area contributed by atoms with Gasteiger partial charge in [-0.3, -0.25) is 9.47 Å². The maximum absolute atomic E-state index is 12.4. The van der Waals surface area contributed by atoms with Crippen LogP contribution < -0.4 is 5.69 Å². The highest BCUT2D eigenvalue weighted by Gasteiger charge is 2.42. The number of fused-ring (bicyclic) bond motifs is 1. The predicted molar refractivity (Wildman–Crippen MR) is 99.4 cm³/mol. The van der Waals surface area contributed by atoms with E-state index in [2.05, 4.69) is 16.8 Å². The van der Waals surface area contributed by atoms with Gasteiger partial charge in [-0.05, 0) is 38.3 Å². The van der Waals surface area contributed by atoms with Gasteiger partial charge in [0.25, 0.3) is 0 Å². The summed E-state index contributed by atoms with van der Waals surface area (Å²) >= 11 is 0. The van der Waals surface area contributed by atoms with Gasteiger partial charge >= 0.3 is 11.8 Å². The Morgan fingerprint density at radius 3 is 2.69 bits per heavy atom. The summed E-state index contributed by atoms with van der Waals surface area (Å²) in [5, 5.41) is 0. The van der Waals surface area contributed by atoms with Crippen LogP contribution in [0.2, 0.25) is 0 Å². The monoisotopic (exact) mass is 358 g/mol. The molecule has 1 atom stereocenters. The molecule has 0 saturated carbocycles. The Hall–Kier alpha value is -2.28. The second kappa shape index (κ2) is 6.46. The number of piperidine rings is 1. The fourth-order valence-electron chi connectivity index (χ4n) is 4.59. The lowest BCUT2D eigenvalue weighted by Gasteiger charge is -2.43. The van der Waals surface area contributed by atoms with Gasteiger partial charge in [-0.15, -0.1) is 0 Å². The topological polar surface area (TPSA) is 70.6 Å². The number of H-pyrrole nitrogens is 1. The van der Waals surface area contributed by atoms with E-state index >= 15 is 0 Å². The number of para-hydroxylation sites is 2. The predicted octanol–water partition coefficient (Wildman–Crippen LogP) is 2.20. The molecule has 4 rings (SSSR count). The average Bonchev–Trinajstić information content (AvgIpc) is 3.21. The summed E-state index contributed by atoms with van der Waals surface area (Å²) < 4.78 is 6.78. The average molecular weight is 358 g/mol. The van der Waals surface area contributed by atoms with Crippen molar-refractivity contribution in [2.45, 2.75) is 37.8 Å². The van der Waals surface area contributed by atoms with Gasteiger partial charge in [0, 0.05) is 37.8 Å². The molecular weight excluding hydrogens is 332 g/mol. The van der Waals surface area contributed by atoms with Crippen molar-refractivity contribution in [3.8, 4) is 0 Å². The molecule has 0 unspecified atom stereocenters. The molecule has 0 radical (unpaired) electrons. The van der Waals surface area contributed by atoms with Gasteiger partial charge in [-0.1, -0.05) is 12.1 Å². The molecule has 26 heavy (non-hydrogen) atoms. The van der Waals surface area contributed by atoms with Crippen molar-refractivity contribution >= 4 is 17.1 Å². The number of carbonyl (C=O) groups excluding carboxylic acids is 1. The normalized spacial score (nSPS) is 25.1. The Kier molecular flexibility index (Phi) is 4.26. The van der Waals surface area contributed by atoms with Crippen molar-refractivity contribution < 1.29 is 9.53 Å². The number of rotatable bonds is 2. The number of imidazole rings is 1. The van der Waals surface area contributed by atoms with Crippen LogP contribution in [0, 0.1) is 0 Å². The largest absolute Gasteiger partial charge is 0.453 e. The summed E-state index contributed by atoms with van der Waals surface area (Å²) in [6.45, 7) is 5.54. The third-order valence-electron chi connectivity index (χ3n) is 6.10. The van der Waals surface area contributed by atoms with Gasteiger partial charge in [0.05, 0.1) is 18.1 Å². The summed E-state index contributed by atoms with van der Waals surface area (Å²) in [4.78, 5) is 31.4. The second-order valence-electron chi connectivity index (χ2n) is 7.67. The summed E-state index contributed by atoms with van der Waals surface area (Å²) in [6, 6.07) is 8.09. The number of hydrogen-bond acceptors (Lipinski definition) is 4. The summed E-state index contributed by atoms with van der Waals surface area (Å²) in [5.74, 6) is 0. The summed E-state index contributed by atoms with van der Waals surface area (Å²) in [6.07, 6.45) is 2.60. The van der Waals surface area contributed by atoms with Crippen LogP contribution in [0.3, 0.4) is 0 Å². The quantitative estimate of drug-likeness (QED) is 0.893. The molecule has 7 heteroatoms. The first kappa shape index (κ1) is 17.1. The lowest BCUT2D eigenvalue weighted by molar-refractivity contribution is 0.0662. The molecule has 0 aliphatic carbocycles. The minimum Gasteiger partial charge on any atom is -0.453 e. The molecular formula is C19H26N4O3. The molecule has 0 bridgehead atoms. The smallest absolute Gasteiger partial charge is 0.409 e. The van der Waals surface area contributed by atoms with Crippen LogP contribution in [0.1, 0.15) is 32.2 Å². The van der Waals surface area contributed by atoms with E-state index in [1.54, 1.807) is 4.90 Å². The minimum atomic E-state index is -0.242. The van der Waals surface area contributed by atoms with E-state index in [1.807, 2.05) is 28.8 Å². The molecule has 2 aliphatic rings. The molecule has 1 N–H and O–H groups in total. The van der Waals surface area contributed by atoms with E-state index in [9.17, 15) is 9.59 Å². The summed E-state index contributed by atoms with van der Waals surface area (Å²) in [5.41, 5.74) is 1.86. The SMILES string of the molecule is COC(=O)N1CC[C@@](C)(N2CCC(n3c(=O)[nH]c4ccccc43)CC2)C1. The van der Waals surface area contributed by atoms with E-state index in [0.717, 1.165) is 49.9 Å².